The molecule has 1 nitrogen and oxygen atoms in total. The highest BCUT2D eigenvalue weighted by Gasteiger charge is 2.06. The van der Waals surface area contributed by atoms with E-state index in [9.17, 15) is 4.79 Å². The lowest BCUT2D eigenvalue weighted by molar-refractivity contribution is -0.113. The van der Waals surface area contributed by atoms with Crippen LogP contribution in [0.3, 0.4) is 0 Å². The van der Waals surface area contributed by atoms with Crippen molar-refractivity contribution in [2.45, 2.75) is 33.1 Å². The molecule has 0 heterocycles. The van der Waals surface area contributed by atoms with Gasteiger partial charge in [-0.05, 0) is 38.7 Å². The molecule has 0 amide bonds. The van der Waals surface area contributed by atoms with Crippen LogP contribution in [-0.4, -0.2) is 5.78 Å². The standard InChI is InChI=1S/C10H14O/c1-8-5-3-4-6-10(7-8)9(2)11/h5-6H,3-4,7H2,1-2H3. The second-order valence-corrected chi connectivity index (χ2v) is 3.09. The summed E-state index contributed by atoms with van der Waals surface area (Å²) in [4.78, 5) is 11.0. The lowest BCUT2D eigenvalue weighted by Crippen LogP contribution is -1.95. The van der Waals surface area contributed by atoms with Gasteiger partial charge in [0, 0.05) is 0 Å². The van der Waals surface area contributed by atoms with E-state index in [0.717, 1.165) is 24.8 Å². The van der Waals surface area contributed by atoms with E-state index in [4.69, 9.17) is 0 Å². The Labute approximate surface area is 67.8 Å². The average molecular weight is 150 g/mol. The van der Waals surface area contributed by atoms with Gasteiger partial charge in [0.05, 0.1) is 0 Å². The van der Waals surface area contributed by atoms with E-state index in [1.54, 1.807) is 6.92 Å². The monoisotopic (exact) mass is 150 g/mol. The highest BCUT2D eigenvalue weighted by molar-refractivity contribution is 5.93. The lowest BCUT2D eigenvalue weighted by Gasteiger charge is -1.99. The van der Waals surface area contributed by atoms with Crippen LogP contribution in [0.5, 0.6) is 0 Å². The smallest absolute Gasteiger partial charge is 0.155 e. The summed E-state index contributed by atoms with van der Waals surface area (Å²) in [7, 11) is 0. The first kappa shape index (κ1) is 8.25. The first-order valence-electron chi connectivity index (χ1n) is 4.06. The number of carbonyl (C=O) groups is 1. The topological polar surface area (TPSA) is 17.1 Å². The van der Waals surface area contributed by atoms with Gasteiger partial charge >= 0.3 is 0 Å². The molecule has 1 heteroatoms. The van der Waals surface area contributed by atoms with E-state index in [-0.39, 0.29) is 5.78 Å². The average Bonchev–Trinajstić information content (AvgIpc) is 2.13. The van der Waals surface area contributed by atoms with Crippen molar-refractivity contribution in [1.29, 1.82) is 0 Å². The summed E-state index contributed by atoms with van der Waals surface area (Å²) in [6.45, 7) is 3.73. The van der Waals surface area contributed by atoms with Crippen LogP contribution in [0.15, 0.2) is 23.3 Å². The first-order chi connectivity index (χ1) is 5.20. The molecule has 0 radical (unpaired) electrons. The SMILES string of the molecule is CC(=O)C1=CCCC=C(C)C1. The number of allylic oxidation sites excluding steroid dienone is 4. The molecule has 0 atom stereocenters. The quantitative estimate of drug-likeness (QED) is 0.525. The Bertz CT molecular complexity index is 221. The molecule has 0 N–H and O–H groups in total. The van der Waals surface area contributed by atoms with Gasteiger partial charge < -0.3 is 0 Å². The molecule has 1 aliphatic rings. The van der Waals surface area contributed by atoms with Crippen LogP contribution in [0.25, 0.3) is 0 Å². The molecule has 0 aromatic heterocycles. The zero-order valence-corrected chi connectivity index (χ0v) is 7.18. The van der Waals surface area contributed by atoms with E-state index in [0.29, 0.717) is 0 Å². The highest BCUT2D eigenvalue weighted by Crippen LogP contribution is 2.17. The summed E-state index contributed by atoms with van der Waals surface area (Å²) in [6.07, 6.45) is 7.24. The minimum atomic E-state index is 0.222. The van der Waals surface area contributed by atoms with Crippen molar-refractivity contribution < 1.29 is 4.79 Å². The molecule has 60 valence electrons. The largest absolute Gasteiger partial charge is 0.295 e. The minimum absolute atomic E-state index is 0.222. The zero-order chi connectivity index (χ0) is 8.27. The van der Waals surface area contributed by atoms with Crippen LogP contribution in [0, 0.1) is 0 Å². The predicted octanol–water partition coefficient (Wildman–Crippen LogP) is 2.63. The molecular formula is C10H14O. The molecular weight excluding hydrogens is 136 g/mol. The molecule has 0 spiro atoms. The van der Waals surface area contributed by atoms with E-state index in [1.807, 2.05) is 0 Å². The number of carbonyl (C=O) groups excluding carboxylic acids is 1. The van der Waals surface area contributed by atoms with Crippen LogP contribution in [0.4, 0.5) is 0 Å². The Balaban J connectivity index is 2.73. The lowest BCUT2D eigenvalue weighted by atomic mass is 10.0. The third kappa shape index (κ3) is 2.34. The van der Waals surface area contributed by atoms with Crippen molar-refractivity contribution in [3.8, 4) is 0 Å². The summed E-state index contributed by atoms with van der Waals surface area (Å²) in [5, 5.41) is 0. The van der Waals surface area contributed by atoms with Crippen molar-refractivity contribution in [2.75, 3.05) is 0 Å². The van der Waals surface area contributed by atoms with Gasteiger partial charge in [0.25, 0.3) is 0 Å². The zero-order valence-electron chi connectivity index (χ0n) is 7.18. The van der Waals surface area contributed by atoms with Gasteiger partial charge in [-0.15, -0.1) is 0 Å². The number of hydrogen-bond donors (Lipinski definition) is 0. The van der Waals surface area contributed by atoms with Crippen LogP contribution < -0.4 is 0 Å². The maximum atomic E-state index is 11.0. The van der Waals surface area contributed by atoms with Gasteiger partial charge in [0.15, 0.2) is 5.78 Å². The van der Waals surface area contributed by atoms with Gasteiger partial charge in [0.1, 0.15) is 0 Å². The molecule has 0 unspecified atom stereocenters. The summed E-state index contributed by atoms with van der Waals surface area (Å²) in [5.41, 5.74) is 2.31. The van der Waals surface area contributed by atoms with Crippen molar-refractivity contribution in [3.05, 3.63) is 23.3 Å². The van der Waals surface area contributed by atoms with Crippen LogP contribution in [-0.2, 0) is 4.79 Å². The first-order valence-corrected chi connectivity index (χ1v) is 4.06. The molecule has 0 aromatic rings. The van der Waals surface area contributed by atoms with Gasteiger partial charge in [-0.3, -0.25) is 4.79 Å². The Hall–Kier alpha value is -0.850. The summed E-state index contributed by atoms with van der Waals surface area (Å²) in [6, 6.07) is 0. The minimum Gasteiger partial charge on any atom is -0.295 e. The summed E-state index contributed by atoms with van der Waals surface area (Å²) >= 11 is 0. The van der Waals surface area contributed by atoms with E-state index < -0.39 is 0 Å². The van der Waals surface area contributed by atoms with Crippen molar-refractivity contribution in [3.63, 3.8) is 0 Å². The Morgan fingerprint density at radius 1 is 1.36 bits per heavy atom. The van der Waals surface area contributed by atoms with E-state index >= 15 is 0 Å². The van der Waals surface area contributed by atoms with Crippen molar-refractivity contribution in [2.24, 2.45) is 0 Å². The number of rotatable bonds is 1. The molecule has 0 saturated carbocycles. The fourth-order valence-electron chi connectivity index (χ4n) is 1.30. The fourth-order valence-corrected chi connectivity index (χ4v) is 1.30. The highest BCUT2D eigenvalue weighted by atomic mass is 16.1. The third-order valence-corrected chi connectivity index (χ3v) is 1.97. The Morgan fingerprint density at radius 2 is 2.00 bits per heavy atom. The van der Waals surface area contributed by atoms with Crippen molar-refractivity contribution in [1.82, 2.24) is 0 Å². The van der Waals surface area contributed by atoms with Crippen LogP contribution in [0.2, 0.25) is 0 Å². The second-order valence-electron chi connectivity index (χ2n) is 3.09. The Morgan fingerprint density at radius 3 is 2.64 bits per heavy atom. The third-order valence-electron chi connectivity index (χ3n) is 1.97. The molecule has 0 aliphatic heterocycles. The molecule has 11 heavy (non-hydrogen) atoms. The van der Waals surface area contributed by atoms with Gasteiger partial charge in [-0.25, -0.2) is 0 Å². The van der Waals surface area contributed by atoms with E-state index in [2.05, 4.69) is 19.1 Å². The molecule has 0 bridgehead atoms. The molecule has 0 saturated heterocycles. The van der Waals surface area contributed by atoms with Crippen LogP contribution in [0.1, 0.15) is 33.1 Å². The second kappa shape index (κ2) is 3.51. The maximum Gasteiger partial charge on any atom is 0.155 e. The molecule has 0 aromatic carbocycles. The number of Topliss-reactive ketones (excluding diaryl/α,β-unsaturated/α-hetero) is 1. The maximum absolute atomic E-state index is 11.0. The molecule has 0 fully saturated rings. The molecule has 1 aliphatic carbocycles. The van der Waals surface area contributed by atoms with Gasteiger partial charge in [-0.2, -0.15) is 0 Å². The molecule has 1 rings (SSSR count). The summed E-state index contributed by atoms with van der Waals surface area (Å²) < 4.78 is 0. The number of ketones is 1. The van der Waals surface area contributed by atoms with Crippen LogP contribution >= 0.6 is 0 Å². The normalized spacial score (nSPS) is 18.4. The van der Waals surface area contributed by atoms with Gasteiger partial charge in [0.2, 0.25) is 0 Å². The number of hydrogen-bond acceptors (Lipinski definition) is 1. The van der Waals surface area contributed by atoms with Gasteiger partial charge in [-0.1, -0.05) is 17.7 Å². The predicted molar refractivity (Wildman–Crippen MR) is 46.4 cm³/mol. The van der Waals surface area contributed by atoms with E-state index in [1.165, 1.54) is 5.57 Å². The van der Waals surface area contributed by atoms with Crippen molar-refractivity contribution >= 4 is 5.78 Å². The fraction of sp³-hybridized carbons (Fsp3) is 0.500. The Kier molecular flexibility index (Phi) is 2.64. The summed E-state index contributed by atoms with van der Waals surface area (Å²) in [5.74, 6) is 0.222.